The minimum Gasteiger partial charge on any atom is -0.320 e. The lowest BCUT2D eigenvalue weighted by Gasteiger charge is -2.14. The van der Waals surface area contributed by atoms with Crippen LogP contribution < -0.4 is 5.73 Å². The topological polar surface area (TPSA) is 26.0 Å². The van der Waals surface area contributed by atoms with Crippen LogP contribution in [-0.4, -0.2) is 0 Å². The van der Waals surface area contributed by atoms with Gasteiger partial charge in [-0.05, 0) is 46.6 Å². The number of halogens is 4. The first-order valence-corrected chi connectivity index (χ1v) is 7.46. The molecule has 0 spiro atoms. The number of rotatable bonds is 2. The Labute approximate surface area is 124 Å². The molecule has 2 aromatic rings. The average molecular weight is 397 g/mol. The average Bonchev–Trinajstić information content (AvgIpc) is 2.56. The molecule has 0 radical (unpaired) electrons. The fourth-order valence-electron chi connectivity index (χ4n) is 1.77. The van der Waals surface area contributed by atoms with E-state index in [0.29, 0.717) is 4.47 Å². The third-order valence-electron chi connectivity index (χ3n) is 2.62. The predicted molar refractivity (Wildman–Crippen MR) is 76.8 cm³/mol. The summed E-state index contributed by atoms with van der Waals surface area (Å²) in [6.45, 7) is 1.87. The van der Waals surface area contributed by atoms with Gasteiger partial charge in [-0.3, -0.25) is 0 Å². The predicted octanol–water partition coefficient (Wildman–Crippen LogP) is 4.91. The van der Waals surface area contributed by atoms with Gasteiger partial charge < -0.3 is 5.73 Å². The van der Waals surface area contributed by atoms with Crippen molar-refractivity contribution < 1.29 is 8.78 Å². The van der Waals surface area contributed by atoms with Gasteiger partial charge in [0, 0.05) is 14.9 Å². The van der Waals surface area contributed by atoms with E-state index in [1.165, 1.54) is 23.5 Å². The number of benzene rings is 1. The molecule has 0 amide bonds. The van der Waals surface area contributed by atoms with Crippen molar-refractivity contribution in [2.75, 3.05) is 0 Å². The van der Waals surface area contributed by atoms with Crippen molar-refractivity contribution in [3.05, 3.63) is 54.1 Å². The van der Waals surface area contributed by atoms with Crippen LogP contribution in [0.15, 0.2) is 26.5 Å². The number of hydrogen-bond acceptors (Lipinski definition) is 2. The molecule has 6 heteroatoms. The second kappa shape index (κ2) is 5.36. The zero-order valence-electron chi connectivity index (χ0n) is 9.31. The van der Waals surface area contributed by atoms with Gasteiger partial charge in [0.05, 0.1) is 9.83 Å². The Hall–Kier alpha value is -0.300. The van der Waals surface area contributed by atoms with Gasteiger partial charge >= 0.3 is 0 Å². The maximum atomic E-state index is 13.8. The summed E-state index contributed by atoms with van der Waals surface area (Å²) in [6, 6.07) is 3.43. The molecule has 0 aliphatic rings. The van der Waals surface area contributed by atoms with E-state index in [9.17, 15) is 8.78 Å². The number of thiophene rings is 1. The molecule has 96 valence electrons. The van der Waals surface area contributed by atoms with Gasteiger partial charge in [0.15, 0.2) is 0 Å². The van der Waals surface area contributed by atoms with E-state index in [1.54, 1.807) is 6.07 Å². The van der Waals surface area contributed by atoms with Gasteiger partial charge in [0.25, 0.3) is 0 Å². The van der Waals surface area contributed by atoms with Gasteiger partial charge in [-0.2, -0.15) is 0 Å². The number of hydrogen-bond donors (Lipinski definition) is 1. The van der Waals surface area contributed by atoms with Crippen molar-refractivity contribution in [3.63, 3.8) is 0 Å². The van der Waals surface area contributed by atoms with Gasteiger partial charge in [-0.1, -0.05) is 15.9 Å². The smallest absolute Gasteiger partial charge is 0.132 e. The molecule has 1 heterocycles. The highest BCUT2D eigenvalue weighted by atomic mass is 79.9. The third kappa shape index (κ3) is 2.66. The van der Waals surface area contributed by atoms with Crippen molar-refractivity contribution in [1.82, 2.24) is 0 Å². The molecule has 0 aliphatic heterocycles. The zero-order chi connectivity index (χ0) is 13.4. The lowest BCUT2D eigenvalue weighted by Crippen LogP contribution is -2.16. The van der Waals surface area contributed by atoms with Crippen LogP contribution in [0.1, 0.15) is 22.0 Å². The summed E-state index contributed by atoms with van der Waals surface area (Å²) in [5.41, 5.74) is 6.60. The van der Waals surface area contributed by atoms with Crippen molar-refractivity contribution in [2.45, 2.75) is 13.0 Å². The number of nitrogens with two attached hydrogens (primary N) is 1. The van der Waals surface area contributed by atoms with Crippen LogP contribution in [0, 0.1) is 18.6 Å². The SMILES string of the molecule is Cc1sc(Br)cc1C(N)c1c(F)cc(Br)cc1F. The highest BCUT2D eigenvalue weighted by molar-refractivity contribution is 9.11. The van der Waals surface area contributed by atoms with Crippen LogP contribution in [0.5, 0.6) is 0 Å². The molecule has 1 atom stereocenters. The quantitative estimate of drug-likeness (QED) is 0.766. The molecule has 18 heavy (non-hydrogen) atoms. The lowest BCUT2D eigenvalue weighted by molar-refractivity contribution is 0.542. The molecule has 0 fully saturated rings. The second-order valence-electron chi connectivity index (χ2n) is 3.82. The Balaban J connectivity index is 2.52. The summed E-state index contributed by atoms with van der Waals surface area (Å²) in [4.78, 5) is 0.941. The molecule has 1 nitrogen and oxygen atoms in total. The van der Waals surface area contributed by atoms with Crippen LogP contribution in [-0.2, 0) is 0 Å². The Kier molecular flexibility index (Phi) is 4.21. The standard InChI is InChI=1S/C12H9Br2F2NS/c1-5-7(4-10(14)18-5)12(17)11-8(15)2-6(13)3-9(11)16/h2-4,12H,17H2,1H3. The summed E-state index contributed by atoms with van der Waals surface area (Å²) >= 11 is 7.87. The van der Waals surface area contributed by atoms with E-state index in [-0.39, 0.29) is 5.56 Å². The molecule has 0 bridgehead atoms. The van der Waals surface area contributed by atoms with Crippen molar-refractivity contribution in [1.29, 1.82) is 0 Å². The maximum Gasteiger partial charge on any atom is 0.132 e. The molecule has 0 aliphatic carbocycles. The first-order chi connectivity index (χ1) is 8.40. The molecule has 2 rings (SSSR count). The lowest BCUT2D eigenvalue weighted by atomic mass is 9.99. The van der Waals surface area contributed by atoms with Crippen molar-refractivity contribution in [3.8, 4) is 0 Å². The first kappa shape index (κ1) is 14.1. The molecule has 1 aromatic heterocycles. The van der Waals surface area contributed by atoms with Gasteiger partial charge in [0.2, 0.25) is 0 Å². The fraction of sp³-hybridized carbons (Fsp3) is 0.167. The molecular weight excluding hydrogens is 388 g/mol. The summed E-state index contributed by atoms with van der Waals surface area (Å²) in [5, 5.41) is 0. The van der Waals surface area contributed by atoms with E-state index in [2.05, 4.69) is 31.9 Å². The van der Waals surface area contributed by atoms with Gasteiger partial charge in [0.1, 0.15) is 11.6 Å². The molecular formula is C12H9Br2F2NS. The molecule has 1 aromatic carbocycles. The first-order valence-electron chi connectivity index (χ1n) is 5.06. The highest BCUT2D eigenvalue weighted by Gasteiger charge is 2.22. The number of aryl methyl sites for hydroxylation is 1. The summed E-state index contributed by atoms with van der Waals surface area (Å²) in [6.07, 6.45) is 0. The van der Waals surface area contributed by atoms with Crippen LogP contribution >= 0.6 is 43.2 Å². The van der Waals surface area contributed by atoms with E-state index in [4.69, 9.17) is 5.73 Å². The third-order valence-corrected chi connectivity index (χ3v) is 4.64. The highest BCUT2D eigenvalue weighted by Crippen LogP contribution is 2.34. The van der Waals surface area contributed by atoms with Gasteiger partial charge in [-0.15, -0.1) is 11.3 Å². The zero-order valence-corrected chi connectivity index (χ0v) is 13.3. The van der Waals surface area contributed by atoms with E-state index in [1.807, 2.05) is 6.92 Å². The van der Waals surface area contributed by atoms with Crippen LogP contribution in [0.25, 0.3) is 0 Å². The second-order valence-corrected chi connectivity index (χ2v) is 7.37. The van der Waals surface area contributed by atoms with E-state index < -0.39 is 17.7 Å². The molecule has 2 N–H and O–H groups in total. The normalized spacial score (nSPS) is 12.8. The van der Waals surface area contributed by atoms with Crippen LogP contribution in [0.2, 0.25) is 0 Å². The Morgan fingerprint density at radius 3 is 2.17 bits per heavy atom. The van der Waals surface area contributed by atoms with E-state index in [0.717, 1.165) is 14.2 Å². The maximum absolute atomic E-state index is 13.8. The molecule has 0 saturated carbocycles. The minimum atomic E-state index is -0.805. The van der Waals surface area contributed by atoms with Crippen molar-refractivity contribution >= 4 is 43.2 Å². The van der Waals surface area contributed by atoms with Crippen LogP contribution in [0.3, 0.4) is 0 Å². The minimum absolute atomic E-state index is 0.105. The molecule has 1 unspecified atom stereocenters. The Morgan fingerprint density at radius 2 is 1.72 bits per heavy atom. The van der Waals surface area contributed by atoms with E-state index >= 15 is 0 Å². The summed E-state index contributed by atoms with van der Waals surface area (Å²) < 4.78 is 28.9. The fourth-order valence-corrected chi connectivity index (χ4v) is 3.93. The Morgan fingerprint density at radius 1 is 1.17 bits per heavy atom. The van der Waals surface area contributed by atoms with Gasteiger partial charge in [-0.25, -0.2) is 8.78 Å². The summed E-state index contributed by atoms with van der Waals surface area (Å²) in [5.74, 6) is -1.29. The Bertz CT molecular complexity index is 575. The van der Waals surface area contributed by atoms with Crippen molar-refractivity contribution in [2.24, 2.45) is 5.73 Å². The largest absolute Gasteiger partial charge is 0.320 e. The monoisotopic (exact) mass is 395 g/mol. The molecule has 0 saturated heterocycles. The summed E-state index contributed by atoms with van der Waals surface area (Å²) in [7, 11) is 0. The van der Waals surface area contributed by atoms with Crippen LogP contribution in [0.4, 0.5) is 8.78 Å².